The Balaban J connectivity index is 1.84. The molecule has 144 valence electrons. The van der Waals surface area contributed by atoms with E-state index in [-0.39, 0.29) is 0 Å². The first-order valence-corrected chi connectivity index (χ1v) is 10.6. The van der Waals surface area contributed by atoms with Gasteiger partial charge in [0.25, 0.3) is 0 Å². The van der Waals surface area contributed by atoms with E-state index < -0.39 is 0 Å². The van der Waals surface area contributed by atoms with Gasteiger partial charge in [-0.3, -0.25) is 4.98 Å². The Bertz CT molecular complexity index is 1780. The third-order valence-corrected chi connectivity index (χ3v) is 6.40. The molecule has 0 fully saturated rings. The van der Waals surface area contributed by atoms with Crippen LogP contribution in [0.1, 0.15) is 0 Å². The van der Waals surface area contributed by atoms with Gasteiger partial charge in [0.05, 0.1) is 22.2 Å². The summed E-state index contributed by atoms with van der Waals surface area (Å²) in [5.41, 5.74) is 4.69. The molecule has 0 unspecified atom stereocenters. The third-order valence-electron chi connectivity index (χ3n) is 6.40. The third kappa shape index (κ3) is 2.19. The number of benzene rings is 5. The van der Waals surface area contributed by atoms with Crippen LogP contribution in [-0.2, 0) is 0 Å². The van der Waals surface area contributed by atoms with Crippen LogP contribution in [-0.4, -0.2) is 9.55 Å². The molecule has 2 heterocycles. The minimum Gasteiger partial charge on any atom is -0.308 e. The molecule has 0 radical (unpaired) electrons. The van der Waals surface area contributed by atoms with Crippen molar-refractivity contribution in [2.24, 2.45) is 0 Å². The van der Waals surface area contributed by atoms with E-state index in [2.05, 4.69) is 102 Å². The molecule has 0 amide bonds. The number of aromatic nitrogens is 2. The SMILES string of the molecule is c1ccc2c(-n3c4ccccc4c4c5ccccc5c5ncccc5c43)cccc2c1. The first kappa shape index (κ1) is 16.6. The molecule has 0 aliphatic heterocycles. The molecule has 0 atom stereocenters. The molecule has 0 N–H and O–H groups in total. The summed E-state index contributed by atoms with van der Waals surface area (Å²) in [6.07, 6.45) is 1.89. The Labute approximate surface area is 179 Å². The highest BCUT2D eigenvalue weighted by Crippen LogP contribution is 2.42. The fraction of sp³-hybridized carbons (Fsp3) is 0. The number of rotatable bonds is 1. The topological polar surface area (TPSA) is 17.8 Å². The van der Waals surface area contributed by atoms with Gasteiger partial charge in [-0.1, -0.05) is 78.9 Å². The van der Waals surface area contributed by atoms with Gasteiger partial charge in [0.15, 0.2) is 0 Å². The van der Waals surface area contributed by atoms with Gasteiger partial charge in [-0.15, -0.1) is 0 Å². The largest absolute Gasteiger partial charge is 0.308 e. The molecule has 2 heteroatoms. The van der Waals surface area contributed by atoms with Crippen LogP contribution in [0.3, 0.4) is 0 Å². The maximum absolute atomic E-state index is 4.81. The minimum absolute atomic E-state index is 1.05. The molecule has 7 aromatic rings. The van der Waals surface area contributed by atoms with E-state index in [9.17, 15) is 0 Å². The summed E-state index contributed by atoms with van der Waals surface area (Å²) in [6.45, 7) is 0. The molecule has 0 saturated carbocycles. The van der Waals surface area contributed by atoms with E-state index in [1.807, 2.05) is 12.3 Å². The van der Waals surface area contributed by atoms with Crippen molar-refractivity contribution in [3.05, 3.63) is 109 Å². The van der Waals surface area contributed by atoms with Crippen molar-refractivity contribution in [3.63, 3.8) is 0 Å². The van der Waals surface area contributed by atoms with Gasteiger partial charge in [0, 0.05) is 33.1 Å². The summed E-state index contributed by atoms with van der Waals surface area (Å²) < 4.78 is 2.43. The number of nitrogens with zero attached hydrogens (tertiary/aromatic N) is 2. The van der Waals surface area contributed by atoms with Gasteiger partial charge >= 0.3 is 0 Å². The minimum atomic E-state index is 1.05. The van der Waals surface area contributed by atoms with E-state index >= 15 is 0 Å². The maximum Gasteiger partial charge on any atom is 0.0801 e. The molecule has 7 rings (SSSR count). The van der Waals surface area contributed by atoms with Crippen LogP contribution in [0.2, 0.25) is 0 Å². The number of fused-ring (bicyclic) bond motifs is 9. The van der Waals surface area contributed by atoms with E-state index in [1.54, 1.807) is 0 Å². The van der Waals surface area contributed by atoms with Crippen LogP contribution >= 0.6 is 0 Å². The first-order chi connectivity index (χ1) is 15.4. The molecule has 2 aromatic heterocycles. The van der Waals surface area contributed by atoms with E-state index in [1.165, 1.54) is 54.4 Å². The quantitative estimate of drug-likeness (QED) is 0.262. The van der Waals surface area contributed by atoms with Gasteiger partial charge < -0.3 is 4.57 Å². The van der Waals surface area contributed by atoms with Gasteiger partial charge in [0.2, 0.25) is 0 Å². The molecule has 0 spiro atoms. The second-order valence-corrected chi connectivity index (χ2v) is 8.02. The van der Waals surface area contributed by atoms with Crippen molar-refractivity contribution in [2.75, 3.05) is 0 Å². The lowest BCUT2D eigenvalue weighted by atomic mass is 9.99. The Hall–Kier alpha value is -4.17. The fourth-order valence-corrected chi connectivity index (χ4v) is 5.14. The van der Waals surface area contributed by atoms with Crippen molar-refractivity contribution in [2.45, 2.75) is 0 Å². The van der Waals surface area contributed by atoms with Crippen LogP contribution in [0.4, 0.5) is 0 Å². The average molecular weight is 394 g/mol. The van der Waals surface area contributed by atoms with Crippen molar-refractivity contribution >= 4 is 54.3 Å². The Morgan fingerprint density at radius 1 is 0.516 bits per heavy atom. The zero-order valence-electron chi connectivity index (χ0n) is 16.8. The molecule has 0 aliphatic rings. The van der Waals surface area contributed by atoms with E-state index in [0.717, 1.165) is 5.52 Å². The van der Waals surface area contributed by atoms with Crippen molar-refractivity contribution in [1.82, 2.24) is 9.55 Å². The summed E-state index contributed by atoms with van der Waals surface area (Å²) >= 11 is 0. The zero-order chi connectivity index (χ0) is 20.4. The van der Waals surface area contributed by atoms with Gasteiger partial charge in [-0.05, 0) is 35.0 Å². The maximum atomic E-state index is 4.81. The monoisotopic (exact) mass is 394 g/mol. The highest BCUT2D eigenvalue weighted by molar-refractivity contribution is 6.31. The lowest BCUT2D eigenvalue weighted by molar-refractivity contribution is 1.20. The number of pyridine rings is 1. The fourth-order valence-electron chi connectivity index (χ4n) is 5.14. The average Bonchev–Trinajstić information content (AvgIpc) is 3.19. The van der Waals surface area contributed by atoms with Crippen LogP contribution in [0, 0.1) is 0 Å². The summed E-state index contributed by atoms with van der Waals surface area (Å²) in [5.74, 6) is 0. The van der Waals surface area contributed by atoms with Crippen LogP contribution in [0.5, 0.6) is 0 Å². The molecular weight excluding hydrogens is 376 g/mol. The highest BCUT2D eigenvalue weighted by Gasteiger charge is 2.19. The van der Waals surface area contributed by atoms with Crippen molar-refractivity contribution < 1.29 is 0 Å². The predicted molar refractivity (Wildman–Crippen MR) is 131 cm³/mol. The molecule has 0 saturated heterocycles. The predicted octanol–water partition coefficient (Wildman–Crippen LogP) is 7.64. The van der Waals surface area contributed by atoms with Crippen LogP contribution in [0.25, 0.3) is 59.9 Å². The number of hydrogen-bond acceptors (Lipinski definition) is 1. The molecule has 2 nitrogen and oxygen atoms in total. The van der Waals surface area contributed by atoms with Crippen LogP contribution < -0.4 is 0 Å². The second-order valence-electron chi connectivity index (χ2n) is 8.02. The highest BCUT2D eigenvalue weighted by atomic mass is 15.0. The Morgan fingerprint density at radius 3 is 2.10 bits per heavy atom. The zero-order valence-corrected chi connectivity index (χ0v) is 16.8. The molecule has 5 aromatic carbocycles. The Kier molecular flexibility index (Phi) is 3.30. The van der Waals surface area contributed by atoms with E-state index in [0.29, 0.717) is 0 Å². The van der Waals surface area contributed by atoms with Crippen LogP contribution in [0.15, 0.2) is 109 Å². The van der Waals surface area contributed by atoms with Gasteiger partial charge in [0.1, 0.15) is 0 Å². The van der Waals surface area contributed by atoms with Gasteiger partial charge in [-0.2, -0.15) is 0 Å². The van der Waals surface area contributed by atoms with E-state index in [4.69, 9.17) is 4.98 Å². The van der Waals surface area contributed by atoms with Gasteiger partial charge in [-0.25, -0.2) is 0 Å². The molecular formula is C29H18N2. The second kappa shape index (κ2) is 6.16. The number of hydrogen-bond donors (Lipinski definition) is 0. The lowest BCUT2D eigenvalue weighted by Gasteiger charge is -2.13. The smallest absolute Gasteiger partial charge is 0.0801 e. The summed E-state index contributed by atoms with van der Waals surface area (Å²) in [5, 5.41) is 8.68. The number of para-hydroxylation sites is 1. The van der Waals surface area contributed by atoms with Crippen molar-refractivity contribution in [3.8, 4) is 5.69 Å². The first-order valence-electron chi connectivity index (χ1n) is 10.6. The summed E-state index contributed by atoms with van der Waals surface area (Å²) in [4.78, 5) is 4.81. The molecule has 0 bridgehead atoms. The van der Waals surface area contributed by atoms with Crippen molar-refractivity contribution in [1.29, 1.82) is 0 Å². The summed E-state index contributed by atoms with van der Waals surface area (Å²) in [7, 11) is 0. The molecule has 0 aliphatic carbocycles. The molecule has 31 heavy (non-hydrogen) atoms. The standard InChI is InChI=1S/C29H18N2/c1-2-11-20-19(9-1)10-7-17-25(20)31-26-16-6-5-14-23(26)27-21-12-3-4-13-22(21)28-24(29(27)31)15-8-18-30-28/h1-18H. The lowest BCUT2D eigenvalue weighted by Crippen LogP contribution is -1.96. The summed E-state index contributed by atoms with van der Waals surface area (Å²) in [6, 6.07) is 36.8. The Morgan fingerprint density at radius 2 is 1.19 bits per heavy atom. The normalized spacial score (nSPS) is 11.9.